The zero-order chi connectivity index (χ0) is 23.0. The monoisotopic (exact) mass is 430 g/mol. The molecule has 1 aliphatic carbocycles. The molecule has 0 fully saturated rings. The molecule has 166 valence electrons. The van der Waals surface area contributed by atoms with Crippen molar-refractivity contribution < 1.29 is 19.4 Å². The molecule has 4 nitrogen and oxygen atoms in total. The number of hydrogen-bond donors (Lipinski definition) is 1. The van der Waals surface area contributed by atoms with E-state index in [1.54, 1.807) is 26.0 Å². The van der Waals surface area contributed by atoms with Crippen LogP contribution in [0.25, 0.3) is 16.7 Å². The van der Waals surface area contributed by atoms with Gasteiger partial charge in [0.25, 0.3) is 0 Å². The molecule has 4 heteroatoms. The maximum absolute atomic E-state index is 11.5. The van der Waals surface area contributed by atoms with Crippen LogP contribution < -0.4 is 0 Å². The molecule has 2 atom stereocenters. The Balaban J connectivity index is 1.52. The van der Waals surface area contributed by atoms with Crippen molar-refractivity contribution in [3.63, 3.8) is 0 Å². The molecule has 0 saturated carbocycles. The molecular weight excluding hydrogens is 400 g/mol. The quantitative estimate of drug-likeness (QED) is 0.466. The van der Waals surface area contributed by atoms with Gasteiger partial charge in [-0.05, 0) is 73.8 Å². The van der Waals surface area contributed by atoms with Crippen LogP contribution in [0.5, 0.6) is 0 Å². The number of carboxylic acid groups (broad SMARTS) is 1. The Bertz CT molecular complexity index is 1030. The van der Waals surface area contributed by atoms with Gasteiger partial charge < -0.3 is 14.6 Å². The van der Waals surface area contributed by atoms with Crippen molar-refractivity contribution in [3.8, 4) is 11.1 Å². The molecule has 0 heterocycles. The third kappa shape index (κ3) is 6.08. The topological polar surface area (TPSA) is 55.8 Å². The maximum Gasteiger partial charge on any atom is 0.339 e. The molecule has 32 heavy (non-hydrogen) atoms. The first kappa shape index (κ1) is 23.3. The molecule has 0 aliphatic heterocycles. The van der Waals surface area contributed by atoms with Crippen molar-refractivity contribution in [2.24, 2.45) is 0 Å². The van der Waals surface area contributed by atoms with E-state index in [1.807, 2.05) is 36.4 Å². The number of aliphatic carboxylic acids is 1. The largest absolute Gasteiger partial charge is 0.490 e. The van der Waals surface area contributed by atoms with Gasteiger partial charge in [-0.2, -0.15) is 0 Å². The lowest BCUT2D eigenvalue weighted by atomic mass is 10.0. The number of rotatable bonds is 9. The van der Waals surface area contributed by atoms with Gasteiger partial charge in [-0.1, -0.05) is 66.7 Å². The highest BCUT2D eigenvalue weighted by Crippen LogP contribution is 2.24. The number of hydrogen-bond acceptors (Lipinski definition) is 3. The van der Waals surface area contributed by atoms with Crippen LogP contribution in [-0.4, -0.2) is 29.4 Å². The fourth-order valence-corrected chi connectivity index (χ4v) is 3.51. The third-order valence-corrected chi connectivity index (χ3v) is 5.42. The van der Waals surface area contributed by atoms with E-state index in [4.69, 9.17) is 9.47 Å². The highest BCUT2D eigenvalue weighted by molar-refractivity contribution is 5.79. The van der Waals surface area contributed by atoms with E-state index in [1.165, 1.54) is 11.1 Å². The zero-order valence-electron chi connectivity index (χ0n) is 18.8. The first-order valence-corrected chi connectivity index (χ1v) is 10.8. The van der Waals surface area contributed by atoms with Gasteiger partial charge in [0.2, 0.25) is 0 Å². The second-order valence-corrected chi connectivity index (χ2v) is 7.91. The molecule has 0 aromatic heterocycles. The average molecular weight is 431 g/mol. The molecule has 1 N–H and O–H groups in total. The summed E-state index contributed by atoms with van der Waals surface area (Å²) in [7, 11) is 0. The summed E-state index contributed by atoms with van der Waals surface area (Å²) in [5.74, 6) is -0.246. The lowest BCUT2D eigenvalue weighted by Crippen LogP contribution is -2.39. The normalized spacial score (nSPS) is 18.3. The summed E-state index contributed by atoms with van der Waals surface area (Å²) in [4.78, 5) is 11.5. The molecule has 0 spiro atoms. The Hall–Kier alpha value is -3.37. The summed E-state index contributed by atoms with van der Waals surface area (Å²) in [6, 6.07) is 18.8. The van der Waals surface area contributed by atoms with Crippen molar-refractivity contribution in [2.75, 3.05) is 6.61 Å². The third-order valence-electron chi connectivity index (χ3n) is 5.42. The molecule has 2 aromatic rings. The fourth-order valence-electron chi connectivity index (χ4n) is 3.51. The molecule has 2 aromatic carbocycles. The van der Waals surface area contributed by atoms with E-state index in [0.717, 1.165) is 16.9 Å². The zero-order valence-corrected chi connectivity index (χ0v) is 18.8. The highest BCUT2D eigenvalue weighted by atomic mass is 16.5. The minimum absolute atomic E-state index is 0.306. The fraction of sp³-hybridized carbons (Fsp3) is 0.250. The Morgan fingerprint density at radius 3 is 2.41 bits per heavy atom. The Kier molecular flexibility index (Phi) is 7.85. The summed E-state index contributed by atoms with van der Waals surface area (Å²) < 4.78 is 11.6. The van der Waals surface area contributed by atoms with E-state index >= 15 is 0 Å². The minimum Gasteiger partial charge on any atom is -0.490 e. The summed E-state index contributed by atoms with van der Waals surface area (Å²) in [5.41, 5.74) is 3.37. The van der Waals surface area contributed by atoms with Gasteiger partial charge in [0.15, 0.2) is 5.60 Å². The van der Waals surface area contributed by atoms with Gasteiger partial charge >= 0.3 is 5.97 Å². The van der Waals surface area contributed by atoms with Gasteiger partial charge in [0, 0.05) is 0 Å². The number of carboxylic acids is 1. The summed E-state index contributed by atoms with van der Waals surface area (Å²) in [5, 5.41) is 9.43. The van der Waals surface area contributed by atoms with Crippen molar-refractivity contribution in [1.29, 1.82) is 0 Å². The number of carbonyl (C=O) groups is 1. The van der Waals surface area contributed by atoms with Crippen LogP contribution in [0, 0.1) is 0 Å². The van der Waals surface area contributed by atoms with Crippen molar-refractivity contribution in [1.82, 2.24) is 0 Å². The lowest BCUT2D eigenvalue weighted by molar-refractivity contribution is -0.160. The standard InChI is InChI=1S/C28H30O4/c1-4-19-28(3,27(29)30)32-26-16-14-25(15-17-26)31-20-18-21(2)22-10-12-24(13-11-22)23-8-6-5-7-9-23/h4-16,18-19,26H,17,20H2,1-3H3,(H,29,30)/b19-4+,21-18+/t26?,28-/m0/s1. The van der Waals surface area contributed by atoms with Crippen LogP contribution in [0.15, 0.2) is 96.8 Å². The van der Waals surface area contributed by atoms with Gasteiger partial charge in [0.1, 0.15) is 12.4 Å². The van der Waals surface area contributed by atoms with E-state index < -0.39 is 11.6 Å². The molecule has 0 bridgehead atoms. The molecule has 1 aliphatic rings. The highest BCUT2D eigenvalue weighted by Gasteiger charge is 2.33. The van der Waals surface area contributed by atoms with E-state index in [9.17, 15) is 9.90 Å². The Morgan fingerprint density at radius 2 is 1.81 bits per heavy atom. The van der Waals surface area contributed by atoms with Crippen molar-refractivity contribution >= 4 is 11.5 Å². The predicted molar refractivity (Wildman–Crippen MR) is 129 cm³/mol. The van der Waals surface area contributed by atoms with Crippen molar-refractivity contribution in [3.05, 3.63) is 102 Å². The molecule has 1 unspecified atom stereocenters. The molecule has 0 amide bonds. The van der Waals surface area contributed by atoms with Crippen LogP contribution in [0.2, 0.25) is 0 Å². The Labute approximate surface area is 190 Å². The number of allylic oxidation sites excluding steroid dienone is 3. The second-order valence-electron chi connectivity index (χ2n) is 7.91. The van der Waals surface area contributed by atoms with Crippen molar-refractivity contribution in [2.45, 2.75) is 38.9 Å². The van der Waals surface area contributed by atoms with Gasteiger partial charge in [-0.15, -0.1) is 0 Å². The first-order chi connectivity index (χ1) is 15.4. The van der Waals surface area contributed by atoms with E-state index in [-0.39, 0.29) is 6.10 Å². The SMILES string of the molecule is C/C=C/[C@](C)(OC1C=CC(OC/C=C(\C)c2ccc(-c3ccccc3)cc2)=CC1)C(=O)O. The summed E-state index contributed by atoms with van der Waals surface area (Å²) in [6.07, 6.45) is 11.2. The first-order valence-electron chi connectivity index (χ1n) is 10.8. The van der Waals surface area contributed by atoms with Gasteiger partial charge in [0.05, 0.1) is 6.10 Å². The maximum atomic E-state index is 11.5. The molecule has 0 saturated heterocycles. The summed E-state index contributed by atoms with van der Waals surface area (Å²) in [6.45, 7) is 5.86. The number of ether oxygens (including phenoxy) is 2. The average Bonchev–Trinajstić information content (AvgIpc) is 2.81. The van der Waals surface area contributed by atoms with Crippen LogP contribution in [-0.2, 0) is 14.3 Å². The van der Waals surface area contributed by atoms with Crippen LogP contribution >= 0.6 is 0 Å². The molecular formula is C28H30O4. The van der Waals surface area contributed by atoms with E-state index in [0.29, 0.717) is 13.0 Å². The lowest BCUT2D eigenvalue weighted by Gasteiger charge is -2.27. The smallest absolute Gasteiger partial charge is 0.339 e. The molecule has 3 rings (SSSR count). The van der Waals surface area contributed by atoms with Crippen LogP contribution in [0.4, 0.5) is 0 Å². The van der Waals surface area contributed by atoms with Gasteiger partial charge in [-0.25, -0.2) is 4.79 Å². The predicted octanol–water partition coefficient (Wildman–Crippen LogP) is 6.42. The van der Waals surface area contributed by atoms with Gasteiger partial charge in [-0.3, -0.25) is 0 Å². The molecule has 0 radical (unpaired) electrons. The minimum atomic E-state index is -1.34. The van der Waals surface area contributed by atoms with E-state index in [2.05, 4.69) is 49.4 Å². The number of benzene rings is 2. The second kappa shape index (κ2) is 10.8. The van der Waals surface area contributed by atoms with Crippen LogP contribution in [0.3, 0.4) is 0 Å². The summed E-state index contributed by atoms with van der Waals surface area (Å²) >= 11 is 0. The van der Waals surface area contributed by atoms with Crippen LogP contribution in [0.1, 0.15) is 32.8 Å². The Morgan fingerprint density at radius 1 is 1.12 bits per heavy atom.